The molecule has 3 aromatic rings. The zero-order chi connectivity index (χ0) is 18.3. The highest BCUT2D eigenvalue weighted by Gasteiger charge is 2.45. The highest BCUT2D eigenvalue weighted by Crippen LogP contribution is 2.38. The molecule has 1 amide bonds. The summed E-state index contributed by atoms with van der Waals surface area (Å²) in [6.07, 6.45) is -1.44. The van der Waals surface area contributed by atoms with Crippen molar-refractivity contribution in [2.24, 2.45) is 0 Å². The number of aromatic nitrogens is 1. The van der Waals surface area contributed by atoms with Gasteiger partial charge in [-0.15, -0.1) is 11.3 Å². The quantitative estimate of drug-likeness (QED) is 0.554. The Bertz CT molecular complexity index is 987. The summed E-state index contributed by atoms with van der Waals surface area (Å²) >= 11 is 1.50. The SMILES string of the molecule is O=C(O)N1CC(Oc2cccc3scnc23)C1c1ccc([N+](=O)[O-])cc1. The summed E-state index contributed by atoms with van der Waals surface area (Å²) in [5.74, 6) is 0.603. The van der Waals surface area contributed by atoms with E-state index in [1.165, 1.54) is 28.4 Å². The summed E-state index contributed by atoms with van der Waals surface area (Å²) in [5, 5.41) is 20.2. The highest BCUT2D eigenvalue weighted by atomic mass is 32.1. The molecular weight excluding hydrogens is 358 g/mol. The Hall–Kier alpha value is -3.20. The van der Waals surface area contributed by atoms with Crippen LogP contribution < -0.4 is 4.74 Å². The number of hydrogen-bond acceptors (Lipinski definition) is 6. The van der Waals surface area contributed by atoms with Crippen molar-refractivity contribution in [3.05, 3.63) is 63.7 Å². The highest BCUT2D eigenvalue weighted by molar-refractivity contribution is 7.16. The smallest absolute Gasteiger partial charge is 0.408 e. The van der Waals surface area contributed by atoms with Gasteiger partial charge in [-0.25, -0.2) is 9.78 Å². The molecular formula is C17H13N3O5S. The number of para-hydroxylation sites is 1. The van der Waals surface area contributed by atoms with Crippen LogP contribution in [0, 0.1) is 10.1 Å². The van der Waals surface area contributed by atoms with Crippen LogP contribution in [-0.4, -0.2) is 38.7 Å². The molecule has 4 rings (SSSR count). The Balaban J connectivity index is 1.62. The zero-order valence-corrected chi connectivity index (χ0v) is 14.1. The summed E-state index contributed by atoms with van der Waals surface area (Å²) < 4.78 is 7.04. The summed E-state index contributed by atoms with van der Waals surface area (Å²) in [6.45, 7) is 0.220. The number of nitrogens with zero attached hydrogens (tertiary/aromatic N) is 3. The molecule has 1 aromatic heterocycles. The molecule has 0 aliphatic carbocycles. The molecule has 0 spiro atoms. The number of fused-ring (bicyclic) bond motifs is 1. The molecule has 2 atom stereocenters. The van der Waals surface area contributed by atoms with Gasteiger partial charge in [0.05, 0.1) is 27.7 Å². The van der Waals surface area contributed by atoms with Crippen molar-refractivity contribution in [2.75, 3.05) is 6.54 Å². The van der Waals surface area contributed by atoms with Crippen molar-refractivity contribution in [3.63, 3.8) is 0 Å². The Labute approximate surface area is 151 Å². The van der Waals surface area contributed by atoms with Crippen LogP contribution in [0.5, 0.6) is 5.75 Å². The normalized spacial score (nSPS) is 19.2. The second kappa shape index (κ2) is 6.26. The Morgan fingerprint density at radius 1 is 1.31 bits per heavy atom. The van der Waals surface area contributed by atoms with Crippen LogP contribution in [0.1, 0.15) is 11.6 Å². The van der Waals surface area contributed by atoms with Gasteiger partial charge in [0, 0.05) is 12.1 Å². The van der Waals surface area contributed by atoms with Crippen molar-refractivity contribution in [1.29, 1.82) is 0 Å². The van der Waals surface area contributed by atoms with Crippen molar-refractivity contribution in [3.8, 4) is 5.75 Å². The predicted molar refractivity (Wildman–Crippen MR) is 94.6 cm³/mol. The fourth-order valence-corrected chi connectivity index (χ4v) is 3.77. The third-order valence-corrected chi connectivity index (χ3v) is 5.15. The van der Waals surface area contributed by atoms with Gasteiger partial charge in [-0.3, -0.25) is 15.0 Å². The van der Waals surface area contributed by atoms with E-state index in [1.54, 1.807) is 23.7 Å². The number of rotatable bonds is 4. The minimum absolute atomic E-state index is 0.0420. The minimum atomic E-state index is -1.06. The number of ether oxygens (including phenoxy) is 1. The van der Waals surface area contributed by atoms with E-state index in [4.69, 9.17) is 4.74 Å². The monoisotopic (exact) mass is 371 g/mol. The molecule has 132 valence electrons. The van der Waals surface area contributed by atoms with E-state index in [2.05, 4.69) is 4.98 Å². The number of carbonyl (C=O) groups is 1. The summed E-state index contributed by atoms with van der Waals surface area (Å²) in [5.41, 5.74) is 3.09. The van der Waals surface area contributed by atoms with E-state index in [0.717, 1.165) is 10.2 Å². The van der Waals surface area contributed by atoms with E-state index in [1.807, 2.05) is 12.1 Å². The third-order valence-electron chi connectivity index (χ3n) is 4.36. The topological polar surface area (TPSA) is 106 Å². The van der Waals surface area contributed by atoms with Crippen molar-refractivity contribution >= 4 is 33.3 Å². The number of hydrogen-bond donors (Lipinski definition) is 1. The van der Waals surface area contributed by atoms with Crippen LogP contribution in [-0.2, 0) is 0 Å². The van der Waals surface area contributed by atoms with Crippen LogP contribution in [0.25, 0.3) is 10.2 Å². The molecule has 26 heavy (non-hydrogen) atoms. The number of benzene rings is 2. The van der Waals surface area contributed by atoms with Crippen LogP contribution in [0.4, 0.5) is 10.5 Å². The molecule has 9 heteroatoms. The molecule has 1 aliphatic heterocycles. The van der Waals surface area contributed by atoms with Gasteiger partial charge in [0.2, 0.25) is 0 Å². The number of likely N-dealkylation sites (tertiary alicyclic amines) is 1. The fourth-order valence-electron chi connectivity index (χ4n) is 3.08. The van der Waals surface area contributed by atoms with Gasteiger partial charge in [0.1, 0.15) is 17.4 Å². The summed E-state index contributed by atoms with van der Waals surface area (Å²) in [7, 11) is 0. The molecule has 0 radical (unpaired) electrons. The molecule has 1 N–H and O–H groups in total. The number of non-ortho nitro benzene ring substituents is 1. The molecule has 0 saturated carbocycles. The lowest BCUT2D eigenvalue weighted by atomic mass is 9.92. The van der Waals surface area contributed by atoms with Crippen molar-refractivity contribution in [2.45, 2.75) is 12.1 Å². The maximum Gasteiger partial charge on any atom is 0.408 e. The predicted octanol–water partition coefficient (Wildman–Crippen LogP) is 3.69. The lowest BCUT2D eigenvalue weighted by Crippen LogP contribution is -2.58. The minimum Gasteiger partial charge on any atom is -0.484 e. The van der Waals surface area contributed by atoms with E-state index >= 15 is 0 Å². The largest absolute Gasteiger partial charge is 0.484 e. The lowest BCUT2D eigenvalue weighted by Gasteiger charge is -2.45. The third kappa shape index (κ3) is 2.72. The van der Waals surface area contributed by atoms with Crippen LogP contribution in [0.2, 0.25) is 0 Å². The molecule has 2 unspecified atom stereocenters. The molecule has 1 fully saturated rings. The van der Waals surface area contributed by atoms with E-state index in [9.17, 15) is 20.0 Å². The van der Waals surface area contributed by atoms with Crippen LogP contribution in [0.3, 0.4) is 0 Å². The molecule has 8 nitrogen and oxygen atoms in total. The maximum atomic E-state index is 11.5. The van der Waals surface area contributed by atoms with Gasteiger partial charge in [0.15, 0.2) is 0 Å². The lowest BCUT2D eigenvalue weighted by molar-refractivity contribution is -0.384. The van der Waals surface area contributed by atoms with Gasteiger partial charge in [-0.05, 0) is 29.8 Å². The molecule has 1 aliphatic rings. The maximum absolute atomic E-state index is 11.5. The fraction of sp³-hybridized carbons (Fsp3) is 0.176. The van der Waals surface area contributed by atoms with E-state index < -0.39 is 17.1 Å². The van der Waals surface area contributed by atoms with Crippen LogP contribution in [0.15, 0.2) is 48.0 Å². The molecule has 2 aromatic carbocycles. The van der Waals surface area contributed by atoms with E-state index in [-0.39, 0.29) is 18.3 Å². The summed E-state index contributed by atoms with van der Waals surface area (Å²) in [4.78, 5) is 27.3. The first-order valence-corrected chi connectivity index (χ1v) is 8.65. The average molecular weight is 371 g/mol. The van der Waals surface area contributed by atoms with Gasteiger partial charge >= 0.3 is 6.09 Å². The number of amides is 1. The average Bonchev–Trinajstić information content (AvgIpc) is 3.07. The number of nitro groups is 1. The van der Waals surface area contributed by atoms with Gasteiger partial charge in [-0.2, -0.15) is 0 Å². The number of carboxylic acid groups (broad SMARTS) is 1. The first-order valence-electron chi connectivity index (χ1n) is 7.77. The van der Waals surface area contributed by atoms with Gasteiger partial charge < -0.3 is 9.84 Å². The zero-order valence-electron chi connectivity index (χ0n) is 13.3. The first-order chi connectivity index (χ1) is 12.5. The first kappa shape index (κ1) is 16.3. The van der Waals surface area contributed by atoms with Gasteiger partial charge in [0.25, 0.3) is 5.69 Å². The van der Waals surface area contributed by atoms with Gasteiger partial charge in [-0.1, -0.05) is 6.07 Å². The summed E-state index contributed by atoms with van der Waals surface area (Å²) in [6, 6.07) is 11.0. The van der Waals surface area contributed by atoms with E-state index in [0.29, 0.717) is 11.3 Å². The van der Waals surface area contributed by atoms with Crippen molar-refractivity contribution < 1.29 is 19.6 Å². The Morgan fingerprint density at radius 2 is 2.08 bits per heavy atom. The molecule has 1 saturated heterocycles. The molecule has 0 bridgehead atoms. The standard InChI is InChI=1S/C17H13N3O5S/c21-17(22)19-8-13(16(19)10-4-6-11(7-5-10)20(23)24)25-12-2-1-3-14-15(12)18-9-26-14/h1-7,9,13,16H,8H2,(H,21,22). The van der Waals surface area contributed by atoms with Crippen molar-refractivity contribution in [1.82, 2.24) is 9.88 Å². The number of thiazole rings is 1. The second-order valence-corrected chi connectivity index (χ2v) is 6.73. The second-order valence-electron chi connectivity index (χ2n) is 5.84. The van der Waals surface area contributed by atoms with Crippen LogP contribution >= 0.6 is 11.3 Å². The Morgan fingerprint density at radius 3 is 2.77 bits per heavy atom. The molecule has 2 heterocycles. The Kier molecular flexibility index (Phi) is 3.92. The number of nitro benzene ring substituents is 1.